The van der Waals surface area contributed by atoms with Crippen molar-refractivity contribution in [2.45, 2.75) is 57.5 Å². The van der Waals surface area contributed by atoms with Gasteiger partial charge in [-0.1, -0.05) is 49.0 Å². The molecule has 4 nitrogen and oxygen atoms in total. The van der Waals surface area contributed by atoms with Crippen LogP contribution in [-0.2, 0) is 24.3 Å². The van der Waals surface area contributed by atoms with Crippen molar-refractivity contribution in [2.24, 2.45) is 0 Å². The topological polar surface area (TPSA) is 44.1 Å². The van der Waals surface area contributed by atoms with Crippen LogP contribution in [-0.4, -0.2) is 20.9 Å². The molecule has 0 aliphatic carbocycles. The third-order valence-corrected chi connectivity index (χ3v) is 7.06. The number of thioether (sulfide) groups is 1. The average molecular weight is 401 g/mol. The Hall–Kier alpha value is -1.63. The molecule has 0 radical (unpaired) electrons. The zero-order chi connectivity index (χ0) is 19.0. The second kappa shape index (κ2) is 7.41. The number of rotatable bonds is 5. The van der Waals surface area contributed by atoms with Gasteiger partial charge in [-0.15, -0.1) is 11.3 Å². The van der Waals surface area contributed by atoms with E-state index in [2.05, 4.69) is 32.9 Å². The van der Waals surface area contributed by atoms with Gasteiger partial charge in [0.2, 0.25) is 0 Å². The molecular formula is C21H24N2O2S2. The van der Waals surface area contributed by atoms with Crippen LogP contribution in [0, 0.1) is 0 Å². The fraction of sp³-hybridized carbons (Fsp3) is 0.429. The summed E-state index contributed by atoms with van der Waals surface area (Å²) in [5.74, 6) is 0.952. The lowest BCUT2D eigenvalue weighted by Gasteiger charge is -2.29. The highest BCUT2D eigenvalue weighted by Crippen LogP contribution is 2.37. The van der Waals surface area contributed by atoms with Gasteiger partial charge in [0.15, 0.2) is 5.16 Å². The molecule has 3 heterocycles. The van der Waals surface area contributed by atoms with Gasteiger partial charge < -0.3 is 4.74 Å². The van der Waals surface area contributed by atoms with E-state index in [0.29, 0.717) is 13.2 Å². The largest absolute Gasteiger partial charge is 0.370 e. The zero-order valence-electron chi connectivity index (χ0n) is 15.9. The van der Waals surface area contributed by atoms with E-state index in [1.807, 2.05) is 22.8 Å². The highest BCUT2D eigenvalue weighted by atomic mass is 32.2. The summed E-state index contributed by atoms with van der Waals surface area (Å²) < 4.78 is 7.81. The highest BCUT2D eigenvalue weighted by Gasteiger charge is 2.31. The molecule has 2 aromatic heterocycles. The number of ether oxygens (including phenoxy) is 1. The van der Waals surface area contributed by atoms with Crippen molar-refractivity contribution < 1.29 is 4.74 Å². The van der Waals surface area contributed by atoms with Gasteiger partial charge in [0, 0.05) is 17.1 Å². The molecule has 0 saturated heterocycles. The SMILES string of the molecule is CCCSc1nc2sc3c(c2c(=O)n1Cc1ccccc1)CC(C)(C)OC3. The Morgan fingerprint density at radius 2 is 2.07 bits per heavy atom. The summed E-state index contributed by atoms with van der Waals surface area (Å²) in [6.07, 6.45) is 1.80. The lowest BCUT2D eigenvalue weighted by molar-refractivity contribution is -0.0379. The Bertz CT molecular complexity index is 1020. The van der Waals surface area contributed by atoms with Gasteiger partial charge >= 0.3 is 0 Å². The van der Waals surface area contributed by atoms with Crippen molar-refractivity contribution in [3.05, 3.63) is 56.7 Å². The van der Waals surface area contributed by atoms with Crippen LogP contribution in [0.5, 0.6) is 0 Å². The molecule has 0 unspecified atom stereocenters. The lowest BCUT2D eigenvalue weighted by Crippen LogP contribution is -2.32. The van der Waals surface area contributed by atoms with E-state index >= 15 is 0 Å². The Balaban J connectivity index is 1.88. The molecule has 0 atom stereocenters. The van der Waals surface area contributed by atoms with Crippen LogP contribution in [0.3, 0.4) is 0 Å². The van der Waals surface area contributed by atoms with Crippen LogP contribution in [0.1, 0.15) is 43.2 Å². The van der Waals surface area contributed by atoms with Gasteiger partial charge in [-0.3, -0.25) is 9.36 Å². The monoisotopic (exact) mass is 400 g/mol. The molecule has 0 fully saturated rings. The van der Waals surface area contributed by atoms with Crippen molar-refractivity contribution in [1.29, 1.82) is 0 Å². The third kappa shape index (κ3) is 3.71. The molecule has 0 amide bonds. The molecule has 3 aromatic rings. The molecule has 1 aromatic carbocycles. The number of hydrogen-bond acceptors (Lipinski definition) is 5. The van der Waals surface area contributed by atoms with Gasteiger partial charge in [-0.2, -0.15) is 0 Å². The predicted molar refractivity (Wildman–Crippen MR) is 113 cm³/mol. The summed E-state index contributed by atoms with van der Waals surface area (Å²) in [4.78, 5) is 20.5. The Morgan fingerprint density at radius 1 is 1.30 bits per heavy atom. The van der Waals surface area contributed by atoms with Gasteiger partial charge in [0.05, 0.1) is 24.1 Å². The zero-order valence-corrected chi connectivity index (χ0v) is 17.6. The summed E-state index contributed by atoms with van der Waals surface area (Å²) in [6.45, 7) is 7.44. The summed E-state index contributed by atoms with van der Waals surface area (Å²) in [6, 6.07) is 10.1. The first-order valence-corrected chi connectivity index (χ1v) is 11.1. The molecule has 0 spiro atoms. The standard InChI is InChI=1S/C21H24N2O2S2/c1-4-10-26-20-22-18-17(15-11-21(2,3)25-13-16(15)27-18)19(24)23(20)12-14-8-6-5-7-9-14/h5-9H,4,10-13H2,1-3H3. The number of aromatic nitrogens is 2. The average Bonchev–Trinajstić information content (AvgIpc) is 3.00. The Morgan fingerprint density at radius 3 is 2.81 bits per heavy atom. The normalized spacial score (nSPS) is 15.8. The van der Waals surface area contributed by atoms with Crippen molar-refractivity contribution >= 4 is 33.3 Å². The maximum absolute atomic E-state index is 13.5. The Labute approximate surface area is 167 Å². The minimum Gasteiger partial charge on any atom is -0.370 e. The molecule has 1 aliphatic heterocycles. The quantitative estimate of drug-likeness (QED) is 0.453. The van der Waals surface area contributed by atoms with Gasteiger partial charge in [-0.05, 0) is 31.4 Å². The minimum atomic E-state index is -0.243. The summed E-state index contributed by atoms with van der Waals surface area (Å²) in [7, 11) is 0. The van der Waals surface area contributed by atoms with Gasteiger partial charge in [-0.25, -0.2) is 4.98 Å². The number of fused-ring (bicyclic) bond motifs is 3. The Kier molecular flexibility index (Phi) is 5.14. The number of thiophene rings is 1. The first-order chi connectivity index (χ1) is 13.0. The maximum atomic E-state index is 13.5. The van der Waals surface area contributed by atoms with Crippen molar-refractivity contribution in [1.82, 2.24) is 9.55 Å². The molecular weight excluding hydrogens is 376 g/mol. The summed E-state index contributed by atoms with van der Waals surface area (Å²) >= 11 is 3.28. The molecule has 6 heteroatoms. The number of hydrogen-bond donors (Lipinski definition) is 0. The van der Waals surface area contributed by atoms with E-state index in [4.69, 9.17) is 9.72 Å². The van der Waals surface area contributed by atoms with Crippen LogP contribution < -0.4 is 5.56 Å². The first kappa shape index (κ1) is 18.7. The molecule has 0 N–H and O–H groups in total. The van der Waals surface area contributed by atoms with Crippen molar-refractivity contribution in [3.8, 4) is 0 Å². The number of benzene rings is 1. The first-order valence-electron chi connectivity index (χ1n) is 9.34. The summed E-state index contributed by atoms with van der Waals surface area (Å²) in [5, 5.41) is 1.61. The second-order valence-electron chi connectivity index (χ2n) is 7.53. The van der Waals surface area contributed by atoms with E-state index < -0.39 is 0 Å². The second-order valence-corrected chi connectivity index (χ2v) is 9.67. The van der Waals surface area contributed by atoms with E-state index in [1.165, 1.54) is 0 Å². The van der Waals surface area contributed by atoms with Crippen LogP contribution >= 0.6 is 23.1 Å². The van der Waals surface area contributed by atoms with E-state index in [-0.39, 0.29) is 11.2 Å². The fourth-order valence-corrected chi connectivity index (χ4v) is 5.41. The summed E-state index contributed by atoms with van der Waals surface area (Å²) in [5.41, 5.74) is 2.09. The van der Waals surface area contributed by atoms with Crippen molar-refractivity contribution in [3.63, 3.8) is 0 Å². The van der Waals surface area contributed by atoms with Crippen LogP contribution in [0.25, 0.3) is 10.2 Å². The highest BCUT2D eigenvalue weighted by molar-refractivity contribution is 7.99. The van der Waals surface area contributed by atoms with Crippen LogP contribution in [0.2, 0.25) is 0 Å². The lowest BCUT2D eigenvalue weighted by atomic mass is 9.94. The van der Waals surface area contributed by atoms with Gasteiger partial charge in [0.1, 0.15) is 4.83 Å². The van der Waals surface area contributed by atoms with Crippen molar-refractivity contribution in [2.75, 3.05) is 5.75 Å². The molecule has 142 valence electrons. The smallest absolute Gasteiger partial charge is 0.263 e. The van der Waals surface area contributed by atoms with E-state index in [1.54, 1.807) is 23.1 Å². The fourth-order valence-electron chi connectivity index (χ4n) is 3.42. The molecule has 4 rings (SSSR count). The third-order valence-electron chi connectivity index (χ3n) is 4.77. The molecule has 0 bridgehead atoms. The van der Waals surface area contributed by atoms with E-state index in [0.717, 1.165) is 50.0 Å². The molecule has 0 saturated carbocycles. The number of nitrogens with zero attached hydrogens (tertiary/aromatic N) is 2. The predicted octanol–water partition coefficient (Wildman–Crippen LogP) is 4.86. The maximum Gasteiger partial charge on any atom is 0.263 e. The molecule has 27 heavy (non-hydrogen) atoms. The van der Waals surface area contributed by atoms with Gasteiger partial charge in [0.25, 0.3) is 5.56 Å². The van der Waals surface area contributed by atoms with Crippen LogP contribution in [0.4, 0.5) is 0 Å². The minimum absolute atomic E-state index is 0.0812. The van der Waals surface area contributed by atoms with E-state index in [9.17, 15) is 4.79 Å². The molecule has 1 aliphatic rings. The van der Waals surface area contributed by atoms with Crippen LogP contribution in [0.15, 0.2) is 40.3 Å².